The molecule has 2 aromatic rings. The highest BCUT2D eigenvalue weighted by atomic mass is 32.2. The number of anilines is 1. The maximum Gasteiger partial charge on any atom is 0.262 e. The van der Waals surface area contributed by atoms with E-state index < -0.39 is 15.8 Å². The molecule has 0 aliphatic heterocycles. The van der Waals surface area contributed by atoms with E-state index in [1.807, 2.05) is 0 Å². The standard InChI is InChI=1S/C14H15FN2O2S/c1-16-10-11-7-8-12(15)9-14(11)20(18,19)17-13-5-3-2-4-6-13/h2-9,16-17H,10H2,1H3. The Morgan fingerprint density at radius 2 is 1.80 bits per heavy atom. The number of benzene rings is 2. The van der Waals surface area contributed by atoms with Gasteiger partial charge >= 0.3 is 0 Å². The van der Waals surface area contributed by atoms with E-state index in [9.17, 15) is 12.8 Å². The van der Waals surface area contributed by atoms with Crippen molar-refractivity contribution in [2.75, 3.05) is 11.8 Å². The Bertz CT molecular complexity index is 688. The fourth-order valence-corrected chi connectivity index (χ4v) is 3.14. The summed E-state index contributed by atoms with van der Waals surface area (Å²) in [5.41, 5.74) is 0.949. The maximum atomic E-state index is 13.3. The summed E-state index contributed by atoms with van der Waals surface area (Å²) in [7, 11) is -2.12. The Balaban J connectivity index is 2.41. The number of halogens is 1. The molecular formula is C14H15FN2O2S. The molecule has 0 amide bonds. The Morgan fingerprint density at radius 1 is 1.10 bits per heavy atom. The number of sulfonamides is 1. The highest BCUT2D eigenvalue weighted by molar-refractivity contribution is 7.92. The van der Waals surface area contributed by atoms with Crippen molar-refractivity contribution in [1.82, 2.24) is 5.32 Å². The molecule has 6 heteroatoms. The first-order valence-electron chi connectivity index (χ1n) is 6.04. The van der Waals surface area contributed by atoms with Crippen LogP contribution in [0.15, 0.2) is 53.4 Å². The van der Waals surface area contributed by atoms with Crippen molar-refractivity contribution in [2.24, 2.45) is 0 Å². The van der Waals surface area contributed by atoms with E-state index in [1.165, 1.54) is 12.1 Å². The third-order valence-electron chi connectivity index (χ3n) is 2.71. The van der Waals surface area contributed by atoms with Crippen LogP contribution in [0.5, 0.6) is 0 Å². The first kappa shape index (κ1) is 14.5. The smallest absolute Gasteiger partial charge is 0.262 e. The minimum atomic E-state index is -3.82. The summed E-state index contributed by atoms with van der Waals surface area (Å²) < 4.78 is 40.5. The van der Waals surface area contributed by atoms with E-state index >= 15 is 0 Å². The molecule has 0 spiro atoms. The Labute approximate surface area is 117 Å². The minimum Gasteiger partial charge on any atom is -0.316 e. The van der Waals surface area contributed by atoms with E-state index in [0.717, 1.165) is 6.07 Å². The van der Waals surface area contributed by atoms with Crippen LogP contribution >= 0.6 is 0 Å². The molecule has 0 fully saturated rings. The van der Waals surface area contributed by atoms with Gasteiger partial charge in [-0.25, -0.2) is 12.8 Å². The zero-order chi connectivity index (χ0) is 14.6. The van der Waals surface area contributed by atoms with Gasteiger partial charge in [-0.1, -0.05) is 24.3 Å². The summed E-state index contributed by atoms with van der Waals surface area (Å²) >= 11 is 0. The van der Waals surface area contributed by atoms with Crippen molar-refractivity contribution in [3.05, 3.63) is 59.9 Å². The third-order valence-corrected chi connectivity index (χ3v) is 4.18. The third kappa shape index (κ3) is 3.34. The molecule has 0 heterocycles. The number of hydrogen-bond donors (Lipinski definition) is 2. The Kier molecular flexibility index (Phi) is 4.36. The molecule has 0 bridgehead atoms. The van der Waals surface area contributed by atoms with Gasteiger partial charge in [-0.05, 0) is 36.9 Å². The molecule has 0 saturated carbocycles. The second-order valence-corrected chi connectivity index (χ2v) is 5.90. The lowest BCUT2D eigenvalue weighted by atomic mass is 10.2. The molecule has 0 aliphatic carbocycles. The Morgan fingerprint density at radius 3 is 2.45 bits per heavy atom. The van der Waals surface area contributed by atoms with Gasteiger partial charge in [0.05, 0.1) is 4.90 Å². The lowest BCUT2D eigenvalue weighted by Gasteiger charge is -2.12. The van der Waals surface area contributed by atoms with Crippen LogP contribution in [-0.4, -0.2) is 15.5 Å². The number of hydrogen-bond acceptors (Lipinski definition) is 3. The van der Waals surface area contributed by atoms with Crippen LogP contribution < -0.4 is 10.0 Å². The first-order chi connectivity index (χ1) is 9.53. The molecule has 2 aromatic carbocycles. The second kappa shape index (κ2) is 6.02. The van der Waals surface area contributed by atoms with E-state index in [0.29, 0.717) is 17.8 Å². The lowest BCUT2D eigenvalue weighted by Crippen LogP contribution is -2.17. The van der Waals surface area contributed by atoms with Gasteiger partial charge < -0.3 is 5.32 Å². The van der Waals surface area contributed by atoms with Gasteiger partial charge in [0.1, 0.15) is 5.82 Å². The van der Waals surface area contributed by atoms with E-state index in [1.54, 1.807) is 37.4 Å². The number of para-hydroxylation sites is 1. The normalized spacial score (nSPS) is 11.3. The van der Waals surface area contributed by atoms with Crippen molar-refractivity contribution >= 4 is 15.7 Å². The molecule has 106 valence electrons. The number of rotatable bonds is 5. The van der Waals surface area contributed by atoms with Crippen LogP contribution in [0.25, 0.3) is 0 Å². The molecule has 0 radical (unpaired) electrons. The summed E-state index contributed by atoms with van der Waals surface area (Å²) in [4.78, 5) is -0.0595. The van der Waals surface area contributed by atoms with Gasteiger partial charge in [0.25, 0.3) is 10.0 Å². The van der Waals surface area contributed by atoms with Gasteiger partial charge in [-0.2, -0.15) is 0 Å². The van der Waals surface area contributed by atoms with Crippen molar-refractivity contribution < 1.29 is 12.8 Å². The van der Waals surface area contributed by atoms with Crippen LogP contribution in [0.4, 0.5) is 10.1 Å². The summed E-state index contributed by atoms with van der Waals surface area (Å²) in [5, 5.41) is 2.87. The van der Waals surface area contributed by atoms with Crippen molar-refractivity contribution in [2.45, 2.75) is 11.4 Å². The molecule has 0 aromatic heterocycles. The number of nitrogens with one attached hydrogen (secondary N) is 2. The summed E-state index contributed by atoms with van der Waals surface area (Å²) in [6.07, 6.45) is 0. The molecule has 0 saturated heterocycles. The predicted octanol–water partition coefficient (Wildman–Crippen LogP) is 2.35. The lowest BCUT2D eigenvalue weighted by molar-refractivity contribution is 0.592. The fraction of sp³-hybridized carbons (Fsp3) is 0.143. The summed E-state index contributed by atoms with van der Waals surface area (Å²) in [6.45, 7) is 0.339. The molecule has 2 N–H and O–H groups in total. The highest BCUT2D eigenvalue weighted by Crippen LogP contribution is 2.20. The average molecular weight is 294 g/mol. The van der Waals surface area contributed by atoms with Crippen molar-refractivity contribution in [3.8, 4) is 0 Å². The van der Waals surface area contributed by atoms with Gasteiger partial charge in [-0.15, -0.1) is 0 Å². The van der Waals surface area contributed by atoms with Crippen LogP contribution in [0.1, 0.15) is 5.56 Å². The largest absolute Gasteiger partial charge is 0.316 e. The highest BCUT2D eigenvalue weighted by Gasteiger charge is 2.19. The zero-order valence-electron chi connectivity index (χ0n) is 10.9. The minimum absolute atomic E-state index is 0.0595. The zero-order valence-corrected chi connectivity index (χ0v) is 11.7. The van der Waals surface area contributed by atoms with Crippen molar-refractivity contribution in [3.63, 3.8) is 0 Å². The van der Waals surface area contributed by atoms with Crippen LogP contribution in [0.3, 0.4) is 0 Å². The second-order valence-electron chi connectivity index (χ2n) is 4.25. The first-order valence-corrected chi connectivity index (χ1v) is 7.52. The molecule has 2 rings (SSSR count). The monoisotopic (exact) mass is 294 g/mol. The van der Waals surface area contributed by atoms with Gasteiger partial charge in [0.2, 0.25) is 0 Å². The summed E-state index contributed by atoms with van der Waals surface area (Å²) in [5.74, 6) is -0.585. The van der Waals surface area contributed by atoms with Crippen molar-refractivity contribution in [1.29, 1.82) is 0 Å². The van der Waals surface area contributed by atoms with E-state index in [2.05, 4.69) is 10.0 Å². The maximum absolute atomic E-state index is 13.3. The van der Waals surface area contributed by atoms with Gasteiger partial charge in [0.15, 0.2) is 0 Å². The molecule has 20 heavy (non-hydrogen) atoms. The van der Waals surface area contributed by atoms with E-state index in [-0.39, 0.29) is 4.90 Å². The average Bonchev–Trinajstić information content (AvgIpc) is 2.41. The SMILES string of the molecule is CNCc1ccc(F)cc1S(=O)(=O)Nc1ccccc1. The van der Waals surface area contributed by atoms with Gasteiger partial charge in [-0.3, -0.25) is 4.72 Å². The van der Waals surface area contributed by atoms with Gasteiger partial charge in [0, 0.05) is 12.2 Å². The topological polar surface area (TPSA) is 58.2 Å². The Hall–Kier alpha value is -1.92. The molecule has 0 atom stereocenters. The molecular weight excluding hydrogens is 279 g/mol. The fourth-order valence-electron chi connectivity index (χ4n) is 1.83. The quantitative estimate of drug-likeness (QED) is 0.890. The van der Waals surface area contributed by atoms with Crippen LogP contribution in [-0.2, 0) is 16.6 Å². The summed E-state index contributed by atoms with van der Waals surface area (Å²) in [6, 6.07) is 12.2. The van der Waals surface area contributed by atoms with Crippen LogP contribution in [0.2, 0.25) is 0 Å². The molecule has 0 unspecified atom stereocenters. The molecule has 0 aliphatic rings. The predicted molar refractivity (Wildman–Crippen MR) is 76.4 cm³/mol. The van der Waals surface area contributed by atoms with E-state index in [4.69, 9.17) is 0 Å². The molecule has 4 nitrogen and oxygen atoms in total. The van der Waals surface area contributed by atoms with Crippen LogP contribution in [0, 0.1) is 5.82 Å².